The van der Waals surface area contributed by atoms with E-state index in [-0.39, 0.29) is 11.6 Å². The van der Waals surface area contributed by atoms with Crippen LogP contribution < -0.4 is 10.1 Å². The van der Waals surface area contributed by atoms with Crippen LogP contribution in [-0.4, -0.2) is 33.1 Å². The van der Waals surface area contributed by atoms with Crippen molar-refractivity contribution in [1.29, 1.82) is 0 Å². The van der Waals surface area contributed by atoms with Crippen LogP contribution in [0.1, 0.15) is 21.9 Å². The van der Waals surface area contributed by atoms with Gasteiger partial charge in [0.15, 0.2) is 5.82 Å². The molecule has 4 aromatic rings. The zero-order chi connectivity index (χ0) is 18.8. The van der Waals surface area contributed by atoms with Gasteiger partial charge in [0, 0.05) is 17.1 Å². The molecule has 0 fully saturated rings. The van der Waals surface area contributed by atoms with E-state index in [1.807, 2.05) is 43.3 Å². The standard InChI is InChI=1S/C20H17N5O2/c1-12-11-17(25-24-12)22-19-13-7-3-5-9-15(13)21-20(23-19)18(26)14-8-4-6-10-16(14)27-2/h3-11H,1-2H3,(H2,21,22,23,24,25). The number of para-hydroxylation sites is 2. The molecule has 2 aromatic carbocycles. The van der Waals surface area contributed by atoms with Crippen LogP contribution in [0.5, 0.6) is 5.75 Å². The van der Waals surface area contributed by atoms with E-state index >= 15 is 0 Å². The number of carbonyl (C=O) groups excluding carboxylic acids is 1. The number of hydrogen-bond acceptors (Lipinski definition) is 6. The van der Waals surface area contributed by atoms with Gasteiger partial charge in [0.2, 0.25) is 11.6 Å². The highest BCUT2D eigenvalue weighted by Crippen LogP contribution is 2.26. The number of ketones is 1. The fourth-order valence-corrected chi connectivity index (χ4v) is 2.83. The summed E-state index contributed by atoms with van der Waals surface area (Å²) in [7, 11) is 1.53. The number of H-pyrrole nitrogens is 1. The molecule has 2 heterocycles. The summed E-state index contributed by atoms with van der Waals surface area (Å²) in [5.41, 5.74) is 2.00. The van der Waals surface area contributed by atoms with E-state index in [0.29, 0.717) is 28.5 Å². The van der Waals surface area contributed by atoms with Crippen molar-refractivity contribution in [3.8, 4) is 5.75 Å². The molecule has 134 valence electrons. The average molecular weight is 359 g/mol. The summed E-state index contributed by atoms with van der Waals surface area (Å²) >= 11 is 0. The summed E-state index contributed by atoms with van der Waals surface area (Å²) in [4.78, 5) is 21.9. The summed E-state index contributed by atoms with van der Waals surface area (Å²) in [6.07, 6.45) is 0. The monoisotopic (exact) mass is 359 g/mol. The first-order chi connectivity index (χ1) is 13.2. The fourth-order valence-electron chi connectivity index (χ4n) is 2.83. The minimum absolute atomic E-state index is 0.0907. The van der Waals surface area contributed by atoms with E-state index in [0.717, 1.165) is 11.1 Å². The van der Waals surface area contributed by atoms with E-state index in [2.05, 4.69) is 25.5 Å². The fraction of sp³-hybridized carbons (Fsp3) is 0.100. The lowest BCUT2D eigenvalue weighted by Gasteiger charge is -2.10. The SMILES string of the molecule is COc1ccccc1C(=O)c1nc(Nc2cc(C)[nH]n2)c2ccccc2n1. The lowest BCUT2D eigenvalue weighted by atomic mass is 10.1. The van der Waals surface area contributed by atoms with E-state index < -0.39 is 0 Å². The van der Waals surface area contributed by atoms with Crippen LogP contribution in [0, 0.1) is 6.92 Å². The number of rotatable bonds is 5. The Kier molecular flexibility index (Phi) is 4.25. The van der Waals surface area contributed by atoms with Crippen molar-refractivity contribution in [1.82, 2.24) is 20.2 Å². The first-order valence-electron chi connectivity index (χ1n) is 8.39. The van der Waals surface area contributed by atoms with Gasteiger partial charge >= 0.3 is 0 Å². The summed E-state index contributed by atoms with van der Waals surface area (Å²) in [5, 5.41) is 11.0. The van der Waals surface area contributed by atoms with E-state index in [1.54, 1.807) is 18.2 Å². The highest BCUT2D eigenvalue weighted by molar-refractivity contribution is 6.09. The van der Waals surface area contributed by atoms with Gasteiger partial charge in [0.1, 0.15) is 11.6 Å². The van der Waals surface area contributed by atoms with E-state index in [9.17, 15) is 4.79 Å². The number of nitrogens with one attached hydrogen (secondary N) is 2. The van der Waals surface area contributed by atoms with Gasteiger partial charge in [0.05, 0.1) is 18.2 Å². The molecule has 0 aliphatic heterocycles. The number of anilines is 2. The molecule has 0 atom stereocenters. The minimum atomic E-state index is -0.306. The van der Waals surface area contributed by atoms with Gasteiger partial charge in [-0.15, -0.1) is 0 Å². The minimum Gasteiger partial charge on any atom is -0.496 e. The largest absolute Gasteiger partial charge is 0.496 e. The normalized spacial score (nSPS) is 10.7. The molecule has 0 spiro atoms. The Morgan fingerprint density at radius 2 is 1.85 bits per heavy atom. The van der Waals surface area contributed by atoms with Crippen LogP contribution in [-0.2, 0) is 0 Å². The number of carbonyl (C=O) groups is 1. The number of hydrogen-bond donors (Lipinski definition) is 2. The number of ether oxygens (including phenoxy) is 1. The second kappa shape index (κ2) is 6.87. The molecule has 0 saturated carbocycles. The quantitative estimate of drug-likeness (QED) is 0.529. The maximum atomic E-state index is 13.0. The lowest BCUT2D eigenvalue weighted by molar-refractivity contribution is 0.102. The zero-order valence-corrected chi connectivity index (χ0v) is 14.9. The van der Waals surface area contributed by atoms with Crippen LogP contribution in [0.3, 0.4) is 0 Å². The highest BCUT2D eigenvalue weighted by Gasteiger charge is 2.19. The summed E-state index contributed by atoms with van der Waals surface area (Å²) in [6, 6.07) is 16.4. The molecule has 0 saturated heterocycles. The van der Waals surface area contributed by atoms with Gasteiger partial charge in [-0.25, -0.2) is 9.97 Å². The number of aromatic nitrogens is 4. The number of methoxy groups -OCH3 is 1. The van der Waals surface area contributed by atoms with Gasteiger partial charge in [-0.2, -0.15) is 5.10 Å². The molecule has 0 radical (unpaired) electrons. The Balaban J connectivity index is 1.83. The summed E-state index contributed by atoms with van der Waals surface area (Å²) in [5.74, 6) is 1.40. The third-order valence-electron chi connectivity index (χ3n) is 4.11. The van der Waals surface area contributed by atoms with Crippen molar-refractivity contribution < 1.29 is 9.53 Å². The number of nitrogens with zero attached hydrogens (tertiary/aromatic N) is 3. The number of benzene rings is 2. The summed E-state index contributed by atoms with van der Waals surface area (Å²) < 4.78 is 5.30. The first-order valence-corrected chi connectivity index (χ1v) is 8.39. The van der Waals surface area contributed by atoms with Crippen molar-refractivity contribution in [2.45, 2.75) is 6.92 Å². The van der Waals surface area contributed by atoms with Crippen LogP contribution in [0.2, 0.25) is 0 Å². The molecule has 2 aromatic heterocycles. The molecule has 7 nitrogen and oxygen atoms in total. The lowest BCUT2D eigenvalue weighted by Crippen LogP contribution is -2.10. The second-order valence-corrected chi connectivity index (χ2v) is 6.00. The van der Waals surface area contributed by atoms with Gasteiger partial charge in [-0.1, -0.05) is 24.3 Å². The van der Waals surface area contributed by atoms with Crippen LogP contribution in [0.25, 0.3) is 10.9 Å². The Morgan fingerprint density at radius 1 is 1.07 bits per heavy atom. The van der Waals surface area contributed by atoms with E-state index in [1.165, 1.54) is 7.11 Å². The predicted molar refractivity (Wildman–Crippen MR) is 103 cm³/mol. The Labute approximate surface area is 155 Å². The van der Waals surface area contributed by atoms with Crippen molar-refractivity contribution in [2.24, 2.45) is 0 Å². The van der Waals surface area contributed by atoms with Crippen LogP contribution in [0.4, 0.5) is 11.6 Å². The summed E-state index contributed by atoms with van der Waals surface area (Å²) in [6.45, 7) is 1.91. The Bertz CT molecular complexity index is 1140. The maximum Gasteiger partial charge on any atom is 0.234 e. The molecule has 0 unspecified atom stereocenters. The predicted octanol–water partition coefficient (Wildman–Crippen LogP) is 3.64. The Hall–Kier alpha value is -3.74. The number of fused-ring (bicyclic) bond motifs is 1. The van der Waals surface area contributed by atoms with Gasteiger partial charge in [-0.05, 0) is 31.2 Å². The molecule has 2 N–H and O–H groups in total. The van der Waals surface area contributed by atoms with Gasteiger partial charge in [-0.3, -0.25) is 9.89 Å². The van der Waals surface area contributed by atoms with Crippen molar-refractivity contribution in [3.63, 3.8) is 0 Å². The third-order valence-corrected chi connectivity index (χ3v) is 4.11. The molecule has 0 amide bonds. The molecule has 4 rings (SSSR count). The van der Waals surface area contributed by atoms with Crippen LogP contribution in [0.15, 0.2) is 54.6 Å². The average Bonchev–Trinajstić information content (AvgIpc) is 3.12. The molecule has 0 aliphatic carbocycles. The smallest absolute Gasteiger partial charge is 0.234 e. The van der Waals surface area contributed by atoms with Crippen molar-refractivity contribution >= 4 is 28.3 Å². The molecular formula is C20H17N5O2. The third kappa shape index (κ3) is 3.22. The zero-order valence-electron chi connectivity index (χ0n) is 14.9. The maximum absolute atomic E-state index is 13.0. The molecule has 7 heteroatoms. The van der Waals surface area contributed by atoms with Crippen LogP contribution >= 0.6 is 0 Å². The Morgan fingerprint density at radius 3 is 2.63 bits per heavy atom. The molecule has 27 heavy (non-hydrogen) atoms. The van der Waals surface area contributed by atoms with Crippen molar-refractivity contribution in [3.05, 3.63) is 71.7 Å². The second-order valence-electron chi connectivity index (χ2n) is 6.00. The molecule has 0 bridgehead atoms. The van der Waals surface area contributed by atoms with E-state index in [4.69, 9.17) is 4.74 Å². The number of aromatic amines is 1. The topological polar surface area (TPSA) is 92.8 Å². The highest BCUT2D eigenvalue weighted by atomic mass is 16.5. The molecule has 0 aliphatic rings. The van der Waals surface area contributed by atoms with Gasteiger partial charge in [0.25, 0.3) is 0 Å². The van der Waals surface area contributed by atoms with Crippen molar-refractivity contribution in [2.75, 3.05) is 12.4 Å². The first kappa shape index (κ1) is 16.7. The number of aryl methyl sites for hydroxylation is 1. The molecular weight excluding hydrogens is 342 g/mol. The van der Waals surface area contributed by atoms with Gasteiger partial charge < -0.3 is 10.1 Å².